The van der Waals surface area contributed by atoms with Crippen molar-refractivity contribution in [3.8, 4) is 0 Å². The normalized spacial score (nSPS) is 14.9. The summed E-state index contributed by atoms with van der Waals surface area (Å²) in [5.74, 6) is -0.323. The zero-order valence-electron chi connectivity index (χ0n) is 12.8. The molecule has 0 spiro atoms. The monoisotopic (exact) mass is 317 g/mol. The van der Waals surface area contributed by atoms with Crippen LogP contribution in [0.15, 0.2) is 48.7 Å². The van der Waals surface area contributed by atoms with Gasteiger partial charge in [0.1, 0.15) is 0 Å². The largest absolute Gasteiger partial charge is 0.361 e. The fourth-order valence-corrected chi connectivity index (χ4v) is 2.99. The zero-order chi connectivity index (χ0) is 16.7. The Morgan fingerprint density at radius 3 is 2.83 bits per heavy atom. The van der Waals surface area contributed by atoms with Crippen molar-refractivity contribution in [2.75, 3.05) is 11.9 Å². The van der Waals surface area contributed by atoms with E-state index >= 15 is 0 Å². The third-order valence-electron chi connectivity index (χ3n) is 4.23. The van der Waals surface area contributed by atoms with Crippen molar-refractivity contribution in [3.05, 3.63) is 65.4 Å². The molecule has 0 radical (unpaired) electrons. The van der Waals surface area contributed by atoms with Crippen molar-refractivity contribution in [2.45, 2.75) is 0 Å². The molecular formula is C19H15N3O2. The summed E-state index contributed by atoms with van der Waals surface area (Å²) in [6, 6.07) is 13.0. The fourth-order valence-electron chi connectivity index (χ4n) is 2.99. The quantitative estimate of drug-likeness (QED) is 0.513. The van der Waals surface area contributed by atoms with E-state index in [1.54, 1.807) is 18.2 Å². The molecule has 0 saturated heterocycles. The van der Waals surface area contributed by atoms with Gasteiger partial charge in [-0.2, -0.15) is 0 Å². The van der Waals surface area contributed by atoms with E-state index in [1.165, 1.54) is 0 Å². The van der Waals surface area contributed by atoms with Gasteiger partial charge in [-0.3, -0.25) is 9.59 Å². The summed E-state index contributed by atoms with van der Waals surface area (Å²) in [6.45, 7) is -0.0539. The van der Waals surface area contributed by atoms with Crippen LogP contribution in [0.5, 0.6) is 0 Å². The summed E-state index contributed by atoms with van der Waals surface area (Å²) in [5.41, 5.74) is 9.86. The van der Waals surface area contributed by atoms with Crippen LogP contribution in [0.4, 0.5) is 5.69 Å². The second-order valence-electron chi connectivity index (χ2n) is 5.69. The molecule has 2 aromatic carbocycles. The number of fused-ring (bicyclic) bond motifs is 2. The second-order valence-corrected chi connectivity index (χ2v) is 5.69. The minimum Gasteiger partial charge on any atom is -0.361 e. The number of amides is 1. The standard InChI is InChI=1S/C19H15N3O2/c20-9-18(23)11-5-6-17-14(7-11)15(19(24)22-17)8-12-10-21-16-4-2-1-3-13(12)16/h1-8,10,21H,9,20H2,(H,22,24)/b15-8+. The molecule has 0 unspecified atom stereocenters. The lowest BCUT2D eigenvalue weighted by Crippen LogP contribution is -2.13. The van der Waals surface area contributed by atoms with E-state index in [2.05, 4.69) is 10.3 Å². The Labute approximate surface area is 138 Å². The number of benzene rings is 2. The minimum absolute atomic E-state index is 0.0539. The molecule has 2 heterocycles. The lowest BCUT2D eigenvalue weighted by atomic mass is 10.00. The molecule has 0 atom stereocenters. The van der Waals surface area contributed by atoms with Crippen molar-refractivity contribution < 1.29 is 9.59 Å². The third-order valence-corrected chi connectivity index (χ3v) is 4.23. The fraction of sp³-hybridized carbons (Fsp3) is 0.0526. The number of carbonyl (C=O) groups excluding carboxylic acids is 2. The highest BCUT2D eigenvalue weighted by atomic mass is 16.2. The molecule has 0 fully saturated rings. The highest BCUT2D eigenvalue weighted by molar-refractivity contribution is 6.35. The minimum atomic E-state index is -0.173. The highest BCUT2D eigenvalue weighted by Crippen LogP contribution is 2.35. The van der Waals surface area contributed by atoms with Crippen LogP contribution >= 0.6 is 0 Å². The maximum Gasteiger partial charge on any atom is 0.256 e. The Morgan fingerprint density at radius 1 is 1.17 bits per heavy atom. The van der Waals surface area contributed by atoms with Crippen molar-refractivity contribution in [3.63, 3.8) is 0 Å². The van der Waals surface area contributed by atoms with Crippen molar-refractivity contribution >= 4 is 39.9 Å². The SMILES string of the molecule is NCC(=O)c1ccc2c(c1)/C(=C\c1c[nH]c3ccccc13)C(=O)N2. The maximum absolute atomic E-state index is 12.3. The van der Waals surface area contributed by atoms with Gasteiger partial charge in [-0.05, 0) is 30.3 Å². The van der Waals surface area contributed by atoms with Crippen LogP contribution in [-0.4, -0.2) is 23.2 Å². The maximum atomic E-state index is 12.3. The van der Waals surface area contributed by atoms with Gasteiger partial charge in [0.2, 0.25) is 0 Å². The number of anilines is 1. The van der Waals surface area contributed by atoms with Crippen LogP contribution in [0.2, 0.25) is 0 Å². The number of nitrogens with two attached hydrogens (primary N) is 1. The first-order chi connectivity index (χ1) is 11.7. The molecule has 5 nitrogen and oxygen atoms in total. The summed E-state index contributed by atoms with van der Waals surface area (Å²) in [7, 11) is 0. The summed E-state index contributed by atoms with van der Waals surface area (Å²) in [5, 5.41) is 3.87. The predicted molar refractivity (Wildman–Crippen MR) is 94.6 cm³/mol. The number of rotatable bonds is 3. The molecule has 3 aromatic rings. The van der Waals surface area contributed by atoms with Gasteiger partial charge in [0.05, 0.1) is 6.54 Å². The van der Waals surface area contributed by atoms with Crippen molar-refractivity contribution in [1.29, 1.82) is 0 Å². The van der Waals surface area contributed by atoms with Crippen LogP contribution in [0.3, 0.4) is 0 Å². The smallest absolute Gasteiger partial charge is 0.256 e. The molecule has 118 valence electrons. The van der Waals surface area contributed by atoms with E-state index in [0.29, 0.717) is 16.8 Å². The summed E-state index contributed by atoms with van der Waals surface area (Å²) >= 11 is 0. The third kappa shape index (κ3) is 2.23. The van der Waals surface area contributed by atoms with E-state index in [1.807, 2.05) is 36.5 Å². The topological polar surface area (TPSA) is 88.0 Å². The van der Waals surface area contributed by atoms with Crippen LogP contribution in [0.1, 0.15) is 21.5 Å². The van der Waals surface area contributed by atoms with Crippen molar-refractivity contribution in [2.24, 2.45) is 5.73 Å². The molecule has 0 bridgehead atoms. The van der Waals surface area contributed by atoms with Crippen LogP contribution in [-0.2, 0) is 4.79 Å². The first kappa shape index (κ1) is 14.4. The van der Waals surface area contributed by atoms with Gasteiger partial charge in [-0.25, -0.2) is 0 Å². The summed E-state index contributed by atoms with van der Waals surface area (Å²) < 4.78 is 0. The van der Waals surface area contributed by atoms with Gasteiger partial charge < -0.3 is 16.0 Å². The van der Waals surface area contributed by atoms with E-state index in [0.717, 1.165) is 22.0 Å². The van der Waals surface area contributed by atoms with E-state index in [-0.39, 0.29) is 18.2 Å². The van der Waals surface area contributed by atoms with Gasteiger partial charge in [-0.1, -0.05) is 18.2 Å². The Balaban J connectivity index is 1.85. The van der Waals surface area contributed by atoms with Crippen LogP contribution < -0.4 is 11.1 Å². The molecule has 1 aliphatic heterocycles. The lowest BCUT2D eigenvalue weighted by Gasteiger charge is -2.02. The molecule has 0 aliphatic carbocycles. The molecule has 0 saturated carbocycles. The average Bonchev–Trinajstić information content (AvgIpc) is 3.16. The lowest BCUT2D eigenvalue weighted by molar-refractivity contribution is -0.110. The highest BCUT2D eigenvalue weighted by Gasteiger charge is 2.25. The molecular weight excluding hydrogens is 302 g/mol. The number of carbonyl (C=O) groups is 2. The van der Waals surface area contributed by atoms with Crippen LogP contribution in [0, 0.1) is 0 Å². The first-order valence-corrected chi connectivity index (χ1v) is 7.64. The Bertz CT molecular complexity index is 1010. The van der Waals surface area contributed by atoms with E-state index in [9.17, 15) is 9.59 Å². The van der Waals surface area contributed by atoms with Gasteiger partial charge in [0.15, 0.2) is 5.78 Å². The number of Topliss-reactive ketones (excluding diaryl/α,β-unsaturated/α-hetero) is 1. The van der Waals surface area contributed by atoms with E-state index < -0.39 is 0 Å². The van der Waals surface area contributed by atoms with Crippen molar-refractivity contribution in [1.82, 2.24) is 4.98 Å². The Kier molecular flexibility index (Phi) is 3.29. The summed E-state index contributed by atoms with van der Waals surface area (Å²) in [4.78, 5) is 27.4. The summed E-state index contributed by atoms with van der Waals surface area (Å²) in [6.07, 6.45) is 3.72. The molecule has 4 rings (SSSR count). The molecule has 4 N–H and O–H groups in total. The molecule has 1 amide bonds. The number of aromatic nitrogens is 1. The van der Waals surface area contributed by atoms with Crippen LogP contribution in [0.25, 0.3) is 22.6 Å². The van der Waals surface area contributed by atoms with Gasteiger partial charge >= 0.3 is 0 Å². The predicted octanol–water partition coefficient (Wildman–Crippen LogP) is 2.80. The number of hydrogen-bond donors (Lipinski definition) is 3. The second kappa shape index (κ2) is 5.47. The molecule has 1 aliphatic rings. The number of aromatic amines is 1. The number of para-hydroxylation sites is 1. The number of nitrogens with one attached hydrogen (secondary N) is 2. The molecule has 1 aromatic heterocycles. The first-order valence-electron chi connectivity index (χ1n) is 7.64. The zero-order valence-corrected chi connectivity index (χ0v) is 12.8. The van der Waals surface area contributed by atoms with E-state index in [4.69, 9.17) is 5.73 Å². The van der Waals surface area contributed by atoms with Gasteiger partial charge in [-0.15, -0.1) is 0 Å². The van der Waals surface area contributed by atoms with Gasteiger partial charge in [0, 0.05) is 45.1 Å². The van der Waals surface area contributed by atoms with Gasteiger partial charge in [0.25, 0.3) is 5.91 Å². The number of hydrogen-bond acceptors (Lipinski definition) is 3. The Morgan fingerprint density at radius 2 is 2.00 bits per heavy atom. The number of ketones is 1. The average molecular weight is 317 g/mol. The molecule has 24 heavy (non-hydrogen) atoms. The Hall–Kier alpha value is -3.18. The number of H-pyrrole nitrogens is 1. The molecule has 5 heteroatoms.